The van der Waals surface area contributed by atoms with Crippen LogP contribution < -0.4 is 14.8 Å². The SMILES string of the molecule is COc1cc(C(=O)OCC(=O)Nc2ccc(F)cc2Cl)ccc1OCC(C)C. The minimum absolute atomic E-state index is 0.0430. The summed E-state index contributed by atoms with van der Waals surface area (Å²) in [4.78, 5) is 24.1. The molecule has 0 aliphatic heterocycles. The molecule has 0 spiro atoms. The quantitative estimate of drug-likeness (QED) is 0.657. The minimum atomic E-state index is -0.700. The molecule has 28 heavy (non-hydrogen) atoms. The number of carbonyl (C=O) groups excluding carboxylic acids is 2. The number of ether oxygens (including phenoxy) is 3. The molecule has 0 fully saturated rings. The smallest absolute Gasteiger partial charge is 0.338 e. The molecule has 2 rings (SSSR count). The molecule has 0 aliphatic rings. The van der Waals surface area contributed by atoms with Gasteiger partial charge in [0.15, 0.2) is 18.1 Å². The molecule has 0 atom stereocenters. The van der Waals surface area contributed by atoms with Gasteiger partial charge in [-0.1, -0.05) is 25.4 Å². The summed E-state index contributed by atoms with van der Waals surface area (Å²) < 4.78 is 28.9. The molecule has 0 saturated heterocycles. The highest BCUT2D eigenvalue weighted by Gasteiger charge is 2.15. The van der Waals surface area contributed by atoms with E-state index in [1.54, 1.807) is 6.07 Å². The van der Waals surface area contributed by atoms with Gasteiger partial charge in [-0.25, -0.2) is 9.18 Å². The number of benzene rings is 2. The molecule has 0 aliphatic carbocycles. The van der Waals surface area contributed by atoms with E-state index in [1.807, 2.05) is 13.8 Å². The fourth-order valence-electron chi connectivity index (χ4n) is 2.16. The van der Waals surface area contributed by atoms with Crippen LogP contribution in [0.5, 0.6) is 11.5 Å². The maximum atomic E-state index is 13.0. The van der Waals surface area contributed by atoms with E-state index in [2.05, 4.69) is 5.32 Å². The van der Waals surface area contributed by atoms with Gasteiger partial charge in [-0.2, -0.15) is 0 Å². The summed E-state index contributed by atoms with van der Waals surface area (Å²) in [5, 5.41) is 2.49. The minimum Gasteiger partial charge on any atom is -0.493 e. The maximum absolute atomic E-state index is 13.0. The van der Waals surface area contributed by atoms with Gasteiger partial charge in [0, 0.05) is 0 Å². The zero-order valence-corrected chi connectivity index (χ0v) is 16.5. The number of amides is 1. The van der Waals surface area contributed by atoms with Gasteiger partial charge in [0.2, 0.25) is 0 Å². The summed E-state index contributed by atoms with van der Waals surface area (Å²) in [5.74, 6) is -0.597. The molecule has 0 aromatic heterocycles. The van der Waals surface area contributed by atoms with Crippen LogP contribution in [0.25, 0.3) is 0 Å². The summed E-state index contributed by atoms with van der Waals surface area (Å²) in [6.45, 7) is 4.01. The Kier molecular flexibility index (Phi) is 7.63. The fourth-order valence-corrected chi connectivity index (χ4v) is 2.38. The fraction of sp³-hybridized carbons (Fsp3) is 0.300. The van der Waals surface area contributed by atoms with Gasteiger partial charge in [-0.3, -0.25) is 4.79 Å². The van der Waals surface area contributed by atoms with Crippen molar-refractivity contribution in [1.82, 2.24) is 0 Å². The first-order valence-corrected chi connectivity index (χ1v) is 8.90. The third-order valence-electron chi connectivity index (χ3n) is 3.51. The van der Waals surface area contributed by atoms with Crippen LogP contribution >= 0.6 is 11.6 Å². The molecule has 1 amide bonds. The Morgan fingerprint density at radius 3 is 2.54 bits per heavy atom. The van der Waals surface area contributed by atoms with Gasteiger partial charge in [0.1, 0.15) is 5.82 Å². The molecule has 0 unspecified atom stereocenters. The summed E-state index contributed by atoms with van der Waals surface area (Å²) in [6.07, 6.45) is 0. The van der Waals surface area contributed by atoms with Crippen molar-refractivity contribution in [2.24, 2.45) is 5.92 Å². The number of hydrogen-bond acceptors (Lipinski definition) is 5. The highest BCUT2D eigenvalue weighted by Crippen LogP contribution is 2.29. The van der Waals surface area contributed by atoms with Crippen LogP contribution in [0.3, 0.4) is 0 Å². The van der Waals surface area contributed by atoms with E-state index in [1.165, 1.54) is 25.3 Å². The number of carbonyl (C=O) groups is 2. The average Bonchev–Trinajstić information content (AvgIpc) is 2.66. The Morgan fingerprint density at radius 2 is 1.89 bits per heavy atom. The van der Waals surface area contributed by atoms with Crippen molar-refractivity contribution in [1.29, 1.82) is 0 Å². The lowest BCUT2D eigenvalue weighted by Crippen LogP contribution is -2.21. The number of hydrogen-bond donors (Lipinski definition) is 1. The van der Waals surface area contributed by atoms with Gasteiger partial charge < -0.3 is 19.5 Å². The van der Waals surface area contributed by atoms with Crippen molar-refractivity contribution in [3.05, 3.63) is 52.8 Å². The van der Waals surface area contributed by atoms with Crippen LogP contribution in [-0.4, -0.2) is 32.2 Å². The van der Waals surface area contributed by atoms with Crippen molar-refractivity contribution in [3.63, 3.8) is 0 Å². The molecular formula is C20H21ClFNO5. The molecule has 0 radical (unpaired) electrons. The molecule has 2 aromatic carbocycles. The first-order chi connectivity index (χ1) is 13.3. The monoisotopic (exact) mass is 409 g/mol. The number of esters is 1. The van der Waals surface area contributed by atoms with E-state index in [4.69, 9.17) is 25.8 Å². The number of methoxy groups -OCH3 is 1. The number of nitrogens with one attached hydrogen (secondary N) is 1. The first-order valence-electron chi connectivity index (χ1n) is 8.53. The van der Waals surface area contributed by atoms with Gasteiger partial charge >= 0.3 is 5.97 Å². The second kappa shape index (κ2) is 9.94. The van der Waals surface area contributed by atoms with Gasteiger partial charge in [-0.05, 0) is 42.3 Å². The molecule has 1 N–H and O–H groups in total. The van der Waals surface area contributed by atoms with Crippen molar-refractivity contribution in [2.75, 3.05) is 25.6 Å². The van der Waals surface area contributed by atoms with Gasteiger partial charge in [0.25, 0.3) is 5.91 Å². The summed E-state index contributed by atoms with van der Waals surface area (Å²) in [6, 6.07) is 8.15. The van der Waals surface area contributed by atoms with Crippen LogP contribution in [0.1, 0.15) is 24.2 Å². The van der Waals surface area contributed by atoms with E-state index in [0.29, 0.717) is 24.0 Å². The van der Waals surface area contributed by atoms with E-state index in [-0.39, 0.29) is 16.3 Å². The van der Waals surface area contributed by atoms with Gasteiger partial charge in [-0.15, -0.1) is 0 Å². The largest absolute Gasteiger partial charge is 0.493 e. The summed E-state index contributed by atoms with van der Waals surface area (Å²) in [5.41, 5.74) is 0.429. The van der Waals surface area contributed by atoms with Crippen molar-refractivity contribution in [2.45, 2.75) is 13.8 Å². The lowest BCUT2D eigenvalue weighted by Gasteiger charge is -2.13. The van der Waals surface area contributed by atoms with Gasteiger partial charge in [0.05, 0.1) is 30.0 Å². The second-order valence-corrected chi connectivity index (χ2v) is 6.73. The lowest BCUT2D eigenvalue weighted by atomic mass is 10.2. The Balaban J connectivity index is 1.95. The van der Waals surface area contributed by atoms with Crippen LogP contribution in [0, 0.1) is 11.7 Å². The van der Waals surface area contributed by atoms with E-state index < -0.39 is 24.3 Å². The maximum Gasteiger partial charge on any atom is 0.338 e. The topological polar surface area (TPSA) is 73.9 Å². The molecule has 8 heteroatoms. The lowest BCUT2D eigenvalue weighted by molar-refractivity contribution is -0.119. The summed E-state index contributed by atoms with van der Waals surface area (Å²) in [7, 11) is 1.46. The van der Waals surface area contributed by atoms with Crippen molar-refractivity contribution in [3.8, 4) is 11.5 Å². The Labute approximate surface area is 167 Å². The number of halogens is 2. The summed E-state index contributed by atoms with van der Waals surface area (Å²) >= 11 is 5.84. The van der Waals surface area contributed by atoms with Crippen molar-refractivity contribution < 1.29 is 28.2 Å². The molecule has 0 bridgehead atoms. The Hall–Kier alpha value is -2.80. The third kappa shape index (κ3) is 6.13. The Morgan fingerprint density at radius 1 is 1.14 bits per heavy atom. The van der Waals surface area contributed by atoms with Crippen LogP contribution in [0.4, 0.5) is 10.1 Å². The van der Waals surface area contributed by atoms with Crippen LogP contribution in [0.2, 0.25) is 5.02 Å². The standard InChI is InChI=1S/C20H21ClFNO5/c1-12(2)10-27-17-7-4-13(8-18(17)26-3)20(25)28-11-19(24)23-16-6-5-14(22)9-15(16)21/h4-9,12H,10-11H2,1-3H3,(H,23,24). The molecule has 150 valence electrons. The number of anilines is 1. The second-order valence-electron chi connectivity index (χ2n) is 6.32. The van der Waals surface area contributed by atoms with Crippen molar-refractivity contribution >= 4 is 29.2 Å². The van der Waals surface area contributed by atoms with E-state index >= 15 is 0 Å². The predicted octanol–water partition coefficient (Wildman–Crippen LogP) is 4.32. The molecule has 6 nitrogen and oxygen atoms in total. The number of rotatable bonds is 8. The Bertz CT molecular complexity index is 856. The molecule has 0 saturated carbocycles. The zero-order valence-electron chi connectivity index (χ0n) is 15.8. The van der Waals surface area contributed by atoms with Crippen LogP contribution in [-0.2, 0) is 9.53 Å². The molecular weight excluding hydrogens is 389 g/mol. The highest BCUT2D eigenvalue weighted by atomic mass is 35.5. The molecule has 2 aromatic rings. The predicted molar refractivity (Wildman–Crippen MR) is 104 cm³/mol. The molecule has 0 heterocycles. The normalized spacial score (nSPS) is 10.5. The van der Waals surface area contributed by atoms with E-state index in [0.717, 1.165) is 12.1 Å². The average molecular weight is 410 g/mol. The third-order valence-corrected chi connectivity index (χ3v) is 3.82. The highest BCUT2D eigenvalue weighted by molar-refractivity contribution is 6.33. The zero-order chi connectivity index (χ0) is 20.7. The van der Waals surface area contributed by atoms with E-state index in [9.17, 15) is 14.0 Å². The first kappa shape index (κ1) is 21.5. The van der Waals surface area contributed by atoms with Crippen LogP contribution in [0.15, 0.2) is 36.4 Å².